The van der Waals surface area contributed by atoms with Crippen LogP contribution in [0, 0.1) is 6.92 Å². The van der Waals surface area contributed by atoms with E-state index in [1.54, 1.807) is 0 Å². The van der Waals surface area contributed by atoms with Gasteiger partial charge in [-0.05, 0) is 54.2 Å². The van der Waals surface area contributed by atoms with Crippen molar-refractivity contribution in [1.82, 2.24) is 5.32 Å². The van der Waals surface area contributed by atoms with E-state index in [2.05, 4.69) is 30.5 Å². The number of carbonyl (C=O) groups excluding carboxylic acids is 2. The van der Waals surface area contributed by atoms with E-state index in [0.717, 1.165) is 29.0 Å². The van der Waals surface area contributed by atoms with Crippen LogP contribution in [0.3, 0.4) is 0 Å². The lowest BCUT2D eigenvalue weighted by Crippen LogP contribution is -2.28. The Hall–Kier alpha value is -2.82. The number of rotatable bonds is 9. The minimum atomic E-state index is -0.185. The van der Waals surface area contributed by atoms with Crippen molar-refractivity contribution in [1.29, 1.82) is 0 Å². The van der Waals surface area contributed by atoms with Crippen LogP contribution in [0.5, 0.6) is 5.75 Å². The molecule has 0 spiro atoms. The lowest BCUT2D eigenvalue weighted by atomic mass is 10.0. The Balaban J connectivity index is 1.86. The Labute approximate surface area is 167 Å². The second-order valence-corrected chi connectivity index (χ2v) is 7.24. The predicted octanol–water partition coefficient (Wildman–Crippen LogP) is 4.55. The maximum Gasteiger partial charge on any atom is 0.258 e. The smallest absolute Gasteiger partial charge is 0.258 e. The standard InChI is InChI=1S/C23H30N2O3/c1-5-7-22(26)25-20-9-6-8-18(12-20)14-24-23(27)15-28-21-13-19(16(2)3)11-10-17(21)4/h6,8-13,16H,5,7,14-15H2,1-4H3,(H,24,27)(H,25,26). The topological polar surface area (TPSA) is 67.4 Å². The summed E-state index contributed by atoms with van der Waals surface area (Å²) in [5.74, 6) is 0.953. The van der Waals surface area contributed by atoms with E-state index in [-0.39, 0.29) is 18.4 Å². The molecule has 5 heteroatoms. The Morgan fingerprint density at radius 2 is 1.86 bits per heavy atom. The highest BCUT2D eigenvalue weighted by Crippen LogP contribution is 2.24. The molecular weight excluding hydrogens is 352 g/mol. The van der Waals surface area contributed by atoms with Gasteiger partial charge < -0.3 is 15.4 Å². The van der Waals surface area contributed by atoms with Crippen molar-refractivity contribution >= 4 is 17.5 Å². The average Bonchev–Trinajstić information content (AvgIpc) is 2.66. The summed E-state index contributed by atoms with van der Waals surface area (Å²) in [5.41, 5.74) is 3.85. The first-order valence-corrected chi connectivity index (χ1v) is 9.78. The zero-order valence-corrected chi connectivity index (χ0v) is 17.2. The molecule has 0 atom stereocenters. The fraction of sp³-hybridized carbons (Fsp3) is 0.391. The van der Waals surface area contributed by atoms with Crippen LogP contribution in [0.1, 0.15) is 56.2 Å². The lowest BCUT2D eigenvalue weighted by molar-refractivity contribution is -0.123. The molecule has 0 fully saturated rings. The highest BCUT2D eigenvalue weighted by molar-refractivity contribution is 5.90. The number of carbonyl (C=O) groups is 2. The van der Waals surface area contributed by atoms with Crippen LogP contribution in [-0.4, -0.2) is 18.4 Å². The van der Waals surface area contributed by atoms with Crippen molar-refractivity contribution in [3.05, 3.63) is 59.2 Å². The van der Waals surface area contributed by atoms with E-state index < -0.39 is 0 Å². The molecular formula is C23H30N2O3. The number of aryl methyl sites for hydroxylation is 1. The van der Waals surface area contributed by atoms with Crippen LogP contribution in [0.2, 0.25) is 0 Å². The van der Waals surface area contributed by atoms with Gasteiger partial charge in [-0.3, -0.25) is 9.59 Å². The molecule has 0 saturated carbocycles. The molecule has 0 aromatic heterocycles. The molecule has 2 N–H and O–H groups in total. The number of benzene rings is 2. The third-order valence-electron chi connectivity index (χ3n) is 4.42. The fourth-order valence-electron chi connectivity index (χ4n) is 2.74. The summed E-state index contributed by atoms with van der Waals surface area (Å²) >= 11 is 0. The molecule has 0 radical (unpaired) electrons. The van der Waals surface area contributed by atoms with Gasteiger partial charge in [0.15, 0.2) is 6.61 Å². The third kappa shape index (κ3) is 6.72. The van der Waals surface area contributed by atoms with Gasteiger partial charge in [0.1, 0.15) is 5.75 Å². The summed E-state index contributed by atoms with van der Waals surface area (Å²) in [6.45, 7) is 8.53. The summed E-state index contributed by atoms with van der Waals surface area (Å²) in [7, 11) is 0. The van der Waals surface area contributed by atoms with Gasteiger partial charge in [-0.15, -0.1) is 0 Å². The zero-order chi connectivity index (χ0) is 20.5. The number of amides is 2. The number of nitrogens with one attached hydrogen (secondary N) is 2. The molecule has 0 aliphatic carbocycles. The minimum absolute atomic E-state index is 0.00363. The van der Waals surface area contributed by atoms with Gasteiger partial charge in [0, 0.05) is 18.7 Å². The molecule has 150 valence electrons. The summed E-state index contributed by atoms with van der Waals surface area (Å²) < 4.78 is 5.71. The predicted molar refractivity (Wildman–Crippen MR) is 113 cm³/mol. The van der Waals surface area contributed by atoms with Gasteiger partial charge in [-0.2, -0.15) is 0 Å². The van der Waals surface area contributed by atoms with Crippen molar-refractivity contribution in [2.45, 2.75) is 53.0 Å². The number of ether oxygens (including phenoxy) is 1. The highest BCUT2D eigenvalue weighted by atomic mass is 16.5. The maximum atomic E-state index is 12.2. The quantitative estimate of drug-likeness (QED) is 0.668. The second-order valence-electron chi connectivity index (χ2n) is 7.24. The largest absolute Gasteiger partial charge is 0.483 e. The summed E-state index contributed by atoms with van der Waals surface area (Å²) in [5, 5.41) is 5.72. The van der Waals surface area contributed by atoms with Gasteiger partial charge >= 0.3 is 0 Å². The van der Waals surface area contributed by atoms with E-state index >= 15 is 0 Å². The van der Waals surface area contributed by atoms with Gasteiger partial charge in [-0.1, -0.05) is 45.0 Å². The van der Waals surface area contributed by atoms with Crippen LogP contribution in [0.4, 0.5) is 5.69 Å². The molecule has 0 unspecified atom stereocenters. The number of hydrogen-bond donors (Lipinski definition) is 2. The molecule has 0 bridgehead atoms. The summed E-state index contributed by atoms with van der Waals surface area (Å²) in [4.78, 5) is 23.9. The number of hydrogen-bond acceptors (Lipinski definition) is 3. The van der Waals surface area contributed by atoms with Crippen molar-refractivity contribution in [2.24, 2.45) is 0 Å². The SMILES string of the molecule is CCCC(=O)Nc1cccc(CNC(=O)COc2cc(C(C)C)ccc2C)c1. The van der Waals surface area contributed by atoms with Crippen LogP contribution in [0.25, 0.3) is 0 Å². The van der Waals surface area contributed by atoms with E-state index in [0.29, 0.717) is 18.9 Å². The van der Waals surface area contributed by atoms with Crippen molar-refractivity contribution < 1.29 is 14.3 Å². The summed E-state index contributed by atoms with van der Waals surface area (Å²) in [6.07, 6.45) is 1.30. The third-order valence-corrected chi connectivity index (χ3v) is 4.42. The van der Waals surface area contributed by atoms with Gasteiger partial charge in [0.05, 0.1) is 0 Å². The van der Waals surface area contributed by atoms with Crippen molar-refractivity contribution in [3.8, 4) is 5.75 Å². The fourth-order valence-corrected chi connectivity index (χ4v) is 2.74. The normalized spacial score (nSPS) is 10.6. The Kier molecular flexibility index (Phi) is 8.05. The first-order chi connectivity index (χ1) is 13.4. The molecule has 28 heavy (non-hydrogen) atoms. The van der Waals surface area contributed by atoms with Crippen LogP contribution >= 0.6 is 0 Å². The van der Waals surface area contributed by atoms with Crippen LogP contribution in [0.15, 0.2) is 42.5 Å². The van der Waals surface area contributed by atoms with Crippen LogP contribution < -0.4 is 15.4 Å². The second kappa shape index (κ2) is 10.5. The van der Waals surface area contributed by atoms with E-state index in [1.807, 2.05) is 50.2 Å². The molecule has 0 aliphatic rings. The molecule has 0 aliphatic heterocycles. The molecule has 5 nitrogen and oxygen atoms in total. The lowest BCUT2D eigenvalue weighted by Gasteiger charge is -2.13. The first-order valence-electron chi connectivity index (χ1n) is 9.78. The van der Waals surface area contributed by atoms with Gasteiger partial charge in [-0.25, -0.2) is 0 Å². The van der Waals surface area contributed by atoms with E-state index in [9.17, 15) is 9.59 Å². The molecule has 2 aromatic rings. The summed E-state index contributed by atoms with van der Waals surface area (Å²) in [6, 6.07) is 13.6. The van der Waals surface area contributed by atoms with Crippen molar-refractivity contribution in [2.75, 3.05) is 11.9 Å². The Morgan fingerprint density at radius 3 is 2.57 bits per heavy atom. The molecule has 2 aromatic carbocycles. The van der Waals surface area contributed by atoms with E-state index in [4.69, 9.17) is 4.74 Å². The Morgan fingerprint density at radius 1 is 1.07 bits per heavy atom. The van der Waals surface area contributed by atoms with Crippen LogP contribution in [-0.2, 0) is 16.1 Å². The maximum absolute atomic E-state index is 12.2. The molecule has 2 rings (SSSR count). The first kappa shape index (κ1) is 21.5. The molecule has 2 amide bonds. The van der Waals surface area contributed by atoms with Gasteiger partial charge in [0.2, 0.25) is 5.91 Å². The van der Waals surface area contributed by atoms with Crippen molar-refractivity contribution in [3.63, 3.8) is 0 Å². The highest BCUT2D eigenvalue weighted by Gasteiger charge is 2.08. The Bertz CT molecular complexity index is 815. The van der Waals surface area contributed by atoms with Gasteiger partial charge in [0.25, 0.3) is 5.91 Å². The monoisotopic (exact) mass is 382 g/mol. The molecule has 0 saturated heterocycles. The average molecular weight is 383 g/mol. The molecule has 0 heterocycles. The number of anilines is 1. The zero-order valence-electron chi connectivity index (χ0n) is 17.2. The minimum Gasteiger partial charge on any atom is -0.483 e. The van der Waals surface area contributed by atoms with E-state index in [1.165, 1.54) is 5.56 Å².